The molecule has 1 aliphatic rings. The summed E-state index contributed by atoms with van der Waals surface area (Å²) in [5.41, 5.74) is 7.21. The Morgan fingerprint density at radius 1 is 1.55 bits per heavy atom. The SMILES string of the molecule is COCc1c(Br)cccc1NC(=O)C1CCC(CN)O1. The third-order valence-corrected chi connectivity index (χ3v) is 4.07. The zero-order valence-electron chi connectivity index (χ0n) is 11.4. The molecule has 0 aliphatic carbocycles. The molecule has 0 saturated carbocycles. The Labute approximate surface area is 126 Å². The molecular weight excluding hydrogens is 324 g/mol. The highest BCUT2D eigenvalue weighted by atomic mass is 79.9. The van der Waals surface area contributed by atoms with E-state index in [2.05, 4.69) is 21.2 Å². The van der Waals surface area contributed by atoms with Crippen molar-refractivity contribution in [3.63, 3.8) is 0 Å². The van der Waals surface area contributed by atoms with Gasteiger partial charge in [0.15, 0.2) is 0 Å². The van der Waals surface area contributed by atoms with Crippen LogP contribution in [-0.4, -0.2) is 31.8 Å². The van der Waals surface area contributed by atoms with Gasteiger partial charge in [0.1, 0.15) is 6.10 Å². The van der Waals surface area contributed by atoms with Gasteiger partial charge in [-0.2, -0.15) is 0 Å². The van der Waals surface area contributed by atoms with E-state index in [1.165, 1.54) is 0 Å². The summed E-state index contributed by atoms with van der Waals surface area (Å²) in [6, 6.07) is 5.64. The summed E-state index contributed by atoms with van der Waals surface area (Å²) in [6.45, 7) is 0.879. The molecule has 1 aliphatic heterocycles. The Kier molecular flexibility index (Phi) is 5.54. The molecule has 110 valence electrons. The minimum absolute atomic E-state index is 0.00768. The lowest BCUT2D eigenvalue weighted by atomic mass is 10.1. The van der Waals surface area contributed by atoms with Crippen LogP contribution in [0.15, 0.2) is 22.7 Å². The second-order valence-electron chi connectivity index (χ2n) is 4.75. The van der Waals surface area contributed by atoms with E-state index >= 15 is 0 Å². The number of anilines is 1. The van der Waals surface area contributed by atoms with E-state index in [1.54, 1.807) is 7.11 Å². The first-order valence-corrected chi connectivity index (χ1v) is 7.37. The molecule has 1 aromatic rings. The first-order valence-electron chi connectivity index (χ1n) is 6.58. The number of ether oxygens (including phenoxy) is 2. The maximum atomic E-state index is 12.2. The van der Waals surface area contributed by atoms with Crippen molar-refractivity contribution in [2.45, 2.75) is 31.7 Å². The van der Waals surface area contributed by atoms with E-state index in [-0.39, 0.29) is 12.0 Å². The standard InChI is InChI=1S/C14H19BrN2O3/c1-19-8-10-11(15)3-2-4-12(10)17-14(18)13-6-5-9(7-16)20-13/h2-4,9,13H,5-8,16H2,1H3,(H,17,18). The Morgan fingerprint density at radius 3 is 3.00 bits per heavy atom. The fourth-order valence-corrected chi connectivity index (χ4v) is 2.73. The van der Waals surface area contributed by atoms with Gasteiger partial charge in [0.2, 0.25) is 0 Å². The van der Waals surface area contributed by atoms with Crippen LogP contribution in [0.2, 0.25) is 0 Å². The Bertz CT molecular complexity index is 481. The lowest BCUT2D eigenvalue weighted by Gasteiger charge is -2.15. The molecule has 2 rings (SSSR count). The average molecular weight is 343 g/mol. The largest absolute Gasteiger partial charge is 0.380 e. The van der Waals surface area contributed by atoms with Crippen molar-refractivity contribution in [2.75, 3.05) is 19.0 Å². The number of halogens is 1. The summed E-state index contributed by atoms with van der Waals surface area (Å²) < 4.78 is 11.7. The number of hydrogen-bond donors (Lipinski definition) is 2. The molecule has 1 amide bonds. The number of benzene rings is 1. The van der Waals surface area contributed by atoms with E-state index in [0.29, 0.717) is 19.6 Å². The van der Waals surface area contributed by atoms with Gasteiger partial charge in [0.25, 0.3) is 5.91 Å². The van der Waals surface area contributed by atoms with Gasteiger partial charge in [0, 0.05) is 29.4 Å². The van der Waals surface area contributed by atoms with Crippen LogP contribution >= 0.6 is 15.9 Å². The number of methoxy groups -OCH3 is 1. The van der Waals surface area contributed by atoms with Gasteiger partial charge in [-0.05, 0) is 25.0 Å². The molecule has 0 radical (unpaired) electrons. The zero-order valence-corrected chi connectivity index (χ0v) is 13.0. The van der Waals surface area contributed by atoms with Crippen molar-refractivity contribution < 1.29 is 14.3 Å². The third-order valence-electron chi connectivity index (χ3n) is 3.33. The predicted molar refractivity (Wildman–Crippen MR) is 80.4 cm³/mol. The van der Waals surface area contributed by atoms with E-state index in [4.69, 9.17) is 15.2 Å². The minimum Gasteiger partial charge on any atom is -0.380 e. The van der Waals surface area contributed by atoms with Crippen LogP contribution in [-0.2, 0) is 20.9 Å². The highest BCUT2D eigenvalue weighted by Gasteiger charge is 2.30. The first kappa shape index (κ1) is 15.4. The molecule has 5 nitrogen and oxygen atoms in total. The Balaban J connectivity index is 2.06. The predicted octanol–water partition coefficient (Wildman–Crippen LogP) is 2.04. The van der Waals surface area contributed by atoms with Crippen molar-refractivity contribution >= 4 is 27.5 Å². The fraction of sp³-hybridized carbons (Fsp3) is 0.500. The molecule has 2 atom stereocenters. The molecule has 20 heavy (non-hydrogen) atoms. The number of hydrogen-bond acceptors (Lipinski definition) is 4. The molecule has 0 bridgehead atoms. The number of carbonyl (C=O) groups is 1. The van der Waals surface area contributed by atoms with E-state index in [1.807, 2.05) is 18.2 Å². The summed E-state index contributed by atoms with van der Waals surface area (Å²) in [7, 11) is 1.62. The smallest absolute Gasteiger partial charge is 0.253 e. The van der Waals surface area contributed by atoms with Crippen molar-refractivity contribution in [2.24, 2.45) is 5.73 Å². The van der Waals surface area contributed by atoms with Crippen LogP contribution in [0.3, 0.4) is 0 Å². The van der Waals surface area contributed by atoms with Gasteiger partial charge in [-0.25, -0.2) is 0 Å². The fourth-order valence-electron chi connectivity index (χ4n) is 2.25. The molecule has 1 aromatic carbocycles. The van der Waals surface area contributed by atoms with Crippen LogP contribution in [0.4, 0.5) is 5.69 Å². The number of carbonyl (C=O) groups excluding carboxylic acids is 1. The zero-order chi connectivity index (χ0) is 14.5. The van der Waals surface area contributed by atoms with Crippen molar-refractivity contribution in [1.29, 1.82) is 0 Å². The molecule has 1 heterocycles. The summed E-state index contributed by atoms with van der Waals surface area (Å²) in [4.78, 5) is 12.2. The maximum absolute atomic E-state index is 12.2. The second-order valence-corrected chi connectivity index (χ2v) is 5.60. The number of nitrogens with two attached hydrogens (primary N) is 1. The maximum Gasteiger partial charge on any atom is 0.253 e. The highest BCUT2D eigenvalue weighted by Crippen LogP contribution is 2.27. The summed E-state index contributed by atoms with van der Waals surface area (Å²) in [6.07, 6.45) is 1.11. The molecule has 0 aromatic heterocycles. The normalized spacial score (nSPS) is 21.9. The highest BCUT2D eigenvalue weighted by molar-refractivity contribution is 9.10. The van der Waals surface area contributed by atoms with Gasteiger partial charge in [0.05, 0.1) is 12.7 Å². The lowest BCUT2D eigenvalue weighted by Crippen LogP contribution is -2.30. The molecule has 3 N–H and O–H groups in total. The van der Waals surface area contributed by atoms with E-state index in [0.717, 1.165) is 22.1 Å². The quantitative estimate of drug-likeness (QED) is 0.858. The van der Waals surface area contributed by atoms with Gasteiger partial charge in [-0.15, -0.1) is 0 Å². The lowest BCUT2D eigenvalue weighted by molar-refractivity contribution is -0.126. The topological polar surface area (TPSA) is 73.6 Å². The molecule has 1 saturated heterocycles. The Hall–Kier alpha value is -0.950. The second kappa shape index (κ2) is 7.17. The number of rotatable bonds is 5. The minimum atomic E-state index is -0.419. The summed E-state index contributed by atoms with van der Waals surface area (Å²) in [5.74, 6) is -0.128. The molecule has 1 fully saturated rings. The van der Waals surface area contributed by atoms with Gasteiger partial charge in [-0.3, -0.25) is 4.79 Å². The number of nitrogens with one attached hydrogen (secondary N) is 1. The average Bonchev–Trinajstić information content (AvgIpc) is 2.91. The van der Waals surface area contributed by atoms with Crippen LogP contribution in [0, 0.1) is 0 Å². The van der Waals surface area contributed by atoms with Crippen LogP contribution < -0.4 is 11.1 Å². The van der Waals surface area contributed by atoms with Gasteiger partial charge >= 0.3 is 0 Å². The van der Waals surface area contributed by atoms with Crippen molar-refractivity contribution in [3.8, 4) is 0 Å². The monoisotopic (exact) mass is 342 g/mol. The van der Waals surface area contributed by atoms with E-state index < -0.39 is 6.10 Å². The van der Waals surface area contributed by atoms with Crippen molar-refractivity contribution in [1.82, 2.24) is 0 Å². The molecular formula is C14H19BrN2O3. The number of amides is 1. The third kappa shape index (κ3) is 3.58. The molecule has 2 unspecified atom stereocenters. The van der Waals surface area contributed by atoms with Crippen LogP contribution in [0.25, 0.3) is 0 Å². The van der Waals surface area contributed by atoms with Crippen LogP contribution in [0.5, 0.6) is 0 Å². The van der Waals surface area contributed by atoms with Crippen LogP contribution in [0.1, 0.15) is 18.4 Å². The van der Waals surface area contributed by atoms with E-state index in [9.17, 15) is 4.79 Å². The van der Waals surface area contributed by atoms with Gasteiger partial charge in [-0.1, -0.05) is 22.0 Å². The first-order chi connectivity index (χ1) is 9.65. The summed E-state index contributed by atoms with van der Waals surface area (Å²) in [5, 5.41) is 2.91. The summed E-state index contributed by atoms with van der Waals surface area (Å²) >= 11 is 3.46. The molecule has 6 heteroatoms. The van der Waals surface area contributed by atoms with Gasteiger partial charge < -0.3 is 20.5 Å². The Morgan fingerprint density at radius 2 is 2.35 bits per heavy atom. The molecule has 0 spiro atoms. The van der Waals surface area contributed by atoms with Crippen molar-refractivity contribution in [3.05, 3.63) is 28.2 Å².